The maximum Gasteiger partial charge on any atom is 0.0605 e. The van der Waals surface area contributed by atoms with Gasteiger partial charge in [0.2, 0.25) is 0 Å². The fourth-order valence-electron chi connectivity index (χ4n) is 2.84. The van der Waals surface area contributed by atoms with E-state index in [9.17, 15) is 0 Å². The van der Waals surface area contributed by atoms with Crippen LogP contribution in [0.5, 0.6) is 0 Å². The Kier molecular flexibility index (Phi) is 4.09. The largest absolute Gasteiger partial charge is 0.326 e. The van der Waals surface area contributed by atoms with Gasteiger partial charge < -0.3 is 11.1 Å². The van der Waals surface area contributed by atoms with Crippen molar-refractivity contribution >= 4 is 0 Å². The lowest BCUT2D eigenvalue weighted by molar-refractivity contribution is 0.447. The number of hydrogen-bond acceptors (Lipinski definition) is 3. The van der Waals surface area contributed by atoms with Gasteiger partial charge in [0.25, 0.3) is 0 Å². The number of nitrogens with one attached hydrogen (secondary N) is 1. The Morgan fingerprint density at radius 1 is 1.15 bits per heavy atom. The van der Waals surface area contributed by atoms with Gasteiger partial charge >= 0.3 is 0 Å². The number of hydrogen-bond donors (Lipinski definition) is 2. The second-order valence-electron chi connectivity index (χ2n) is 5.39. The molecule has 0 saturated heterocycles. The summed E-state index contributed by atoms with van der Waals surface area (Å²) in [4.78, 5) is 4.56. The van der Waals surface area contributed by atoms with Gasteiger partial charge in [-0.05, 0) is 42.0 Å². The second kappa shape index (κ2) is 6.16. The molecular weight excluding hydrogens is 246 g/mol. The summed E-state index contributed by atoms with van der Waals surface area (Å²) in [5, 5.41) is 3.64. The lowest BCUT2D eigenvalue weighted by Gasteiger charge is -2.25. The molecule has 1 atom stereocenters. The van der Waals surface area contributed by atoms with Crippen LogP contribution in [0.15, 0.2) is 42.6 Å². The van der Waals surface area contributed by atoms with Gasteiger partial charge in [0.05, 0.1) is 11.7 Å². The maximum atomic E-state index is 5.62. The number of rotatable bonds is 4. The molecule has 3 heteroatoms. The van der Waals surface area contributed by atoms with E-state index >= 15 is 0 Å². The first kappa shape index (κ1) is 13.3. The lowest BCUT2D eigenvalue weighted by Crippen LogP contribution is -2.25. The van der Waals surface area contributed by atoms with Gasteiger partial charge in [-0.2, -0.15) is 0 Å². The minimum atomic E-state index is 0.383. The molecule has 0 fully saturated rings. The molecule has 0 bridgehead atoms. The molecule has 1 aliphatic rings. The number of pyridine rings is 1. The van der Waals surface area contributed by atoms with Crippen LogP contribution in [0.4, 0.5) is 0 Å². The molecule has 1 unspecified atom stereocenters. The van der Waals surface area contributed by atoms with Crippen LogP contribution in [0.3, 0.4) is 0 Å². The summed E-state index contributed by atoms with van der Waals surface area (Å²) in [5.74, 6) is 0. The molecule has 0 radical (unpaired) electrons. The highest BCUT2D eigenvalue weighted by Gasteiger charge is 2.20. The van der Waals surface area contributed by atoms with E-state index in [2.05, 4.69) is 40.6 Å². The van der Waals surface area contributed by atoms with Gasteiger partial charge in [0.15, 0.2) is 0 Å². The standard InChI is InChI=1S/C17H21N3/c18-11-13-6-8-14(9-7-13)12-20-16-5-1-3-15-4-2-10-19-17(15)16/h2,4,6-10,16,20H,1,3,5,11-12,18H2. The average Bonchev–Trinajstić information content (AvgIpc) is 2.53. The molecule has 0 aliphatic heterocycles. The molecule has 0 saturated carbocycles. The van der Waals surface area contributed by atoms with Crippen molar-refractivity contribution in [2.75, 3.05) is 0 Å². The third-order valence-corrected chi connectivity index (χ3v) is 4.01. The van der Waals surface area contributed by atoms with Crippen LogP contribution in [-0.4, -0.2) is 4.98 Å². The zero-order valence-electron chi connectivity index (χ0n) is 11.7. The molecule has 3 N–H and O–H groups in total. The summed E-state index contributed by atoms with van der Waals surface area (Å²) in [5.41, 5.74) is 10.7. The highest BCUT2D eigenvalue weighted by molar-refractivity contribution is 5.26. The van der Waals surface area contributed by atoms with Crippen molar-refractivity contribution in [3.8, 4) is 0 Å². The van der Waals surface area contributed by atoms with Crippen molar-refractivity contribution in [3.63, 3.8) is 0 Å². The minimum absolute atomic E-state index is 0.383. The first-order valence-electron chi connectivity index (χ1n) is 7.32. The molecule has 20 heavy (non-hydrogen) atoms. The molecule has 3 rings (SSSR count). The molecule has 1 aromatic heterocycles. The van der Waals surface area contributed by atoms with Gasteiger partial charge in [-0.3, -0.25) is 4.98 Å². The second-order valence-corrected chi connectivity index (χ2v) is 5.39. The van der Waals surface area contributed by atoms with Crippen molar-refractivity contribution in [2.24, 2.45) is 5.73 Å². The van der Waals surface area contributed by atoms with E-state index in [4.69, 9.17) is 5.73 Å². The Hall–Kier alpha value is -1.71. The normalized spacial score (nSPS) is 17.8. The summed E-state index contributed by atoms with van der Waals surface area (Å²) in [6.45, 7) is 1.49. The molecule has 0 spiro atoms. The van der Waals surface area contributed by atoms with E-state index in [-0.39, 0.29) is 0 Å². The van der Waals surface area contributed by atoms with Gasteiger partial charge in [-0.15, -0.1) is 0 Å². The molecule has 2 aromatic rings. The van der Waals surface area contributed by atoms with E-state index in [1.54, 1.807) is 0 Å². The zero-order chi connectivity index (χ0) is 13.8. The van der Waals surface area contributed by atoms with E-state index in [0.717, 1.165) is 13.0 Å². The minimum Gasteiger partial charge on any atom is -0.326 e. The van der Waals surface area contributed by atoms with Crippen LogP contribution in [0.2, 0.25) is 0 Å². The Labute approximate surface area is 120 Å². The van der Waals surface area contributed by atoms with E-state index in [1.807, 2.05) is 12.3 Å². The predicted octanol–water partition coefficient (Wildman–Crippen LogP) is 2.71. The highest BCUT2D eigenvalue weighted by Crippen LogP contribution is 2.27. The molecule has 1 aromatic carbocycles. The van der Waals surface area contributed by atoms with Crippen molar-refractivity contribution in [1.29, 1.82) is 0 Å². The first-order chi connectivity index (χ1) is 9.86. The fraction of sp³-hybridized carbons (Fsp3) is 0.353. The van der Waals surface area contributed by atoms with Gasteiger partial charge in [-0.25, -0.2) is 0 Å². The van der Waals surface area contributed by atoms with E-state index in [0.29, 0.717) is 12.6 Å². The molecular formula is C17H21N3. The van der Waals surface area contributed by atoms with Gasteiger partial charge in [0, 0.05) is 19.3 Å². The molecule has 3 nitrogen and oxygen atoms in total. The van der Waals surface area contributed by atoms with Crippen LogP contribution in [0.1, 0.15) is 41.3 Å². The van der Waals surface area contributed by atoms with Crippen molar-refractivity contribution in [1.82, 2.24) is 10.3 Å². The predicted molar refractivity (Wildman–Crippen MR) is 81.1 cm³/mol. The Bertz CT molecular complexity index is 563. The molecule has 104 valence electrons. The van der Waals surface area contributed by atoms with Crippen molar-refractivity contribution in [3.05, 3.63) is 65.0 Å². The molecule has 0 amide bonds. The maximum absolute atomic E-state index is 5.62. The van der Waals surface area contributed by atoms with Crippen LogP contribution < -0.4 is 11.1 Å². The van der Waals surface area contributed by atoms with Crippen LogP contribution in [-0.2, 0) is 19.5 Å². The molecule has 1 heterocycles. The average molecular weight is 267 g/mol. The van der Waals surface area contributed by atoms with Crippen LogP contribution >= 0.6 is 0 Å². The number of fused-ring (bicyclic) bond motifs is 1. The first-order valence-corrected chi connectivity index (χ1v) is 7.32. The third kappa shape index (κ3) is 2.89. The summed E-state index contributed by atoms with van der Waals surface area (Å²) in [7, 11) is 0. The topological polar surface area (TPSA) is 50.9 Å². The fourth-order valence-corrected chi connectivity index (χ4v) is 2.84. The number of aryl methyl sites for hydroxylation is 1. The van der Waals surface area contributed by atoms with Gasteiger partial charge in [-0.1, -0.05) is 30.3 Å². The Morgan fingerprint density at radius 3 is 2.75 bits per heavy atom. The van der Waals surface area contributed by atoms with Crippen molar-refractivity contribution < 1.29 is 0 Å². The van der Waals surface area contributed by atoms with Crippen LogP contribution in [0.25, 0.3) is 0 Å². The summed E-state index contributed by atoms with van der Waals surface area (Å²) >= 11 is 0. The Morgan fingerprint density at radius 2 is 1.95 bits per heavy atom. The summed E-state index contributed by atoms with van der Waals surface area (Å²) < 4.78 is 0. The zero-order valence-corrected chi connectivity index (χ0v) is 11.7. The summed E-state index contributed by atoms with van der Waals surface area (Å²) in [6.07, 6.45) is 5.47. The third-order valence-electron chi connectivity index (χ3n) is 4.01. The smallest absolute Gasteiger partial charge is 0.0605 e. The Balaban J connectivity index is 1.66. The van der Waals surface area contributed by atoms with E-state index in [1.165, 1.54) is 35.2 Å². The monoisotopic (exact) mass is 267 g/mol. The molecule has 1 aliphatic carbocycles. The van der Waals surface area contributed by atoms with Crippen molar-refractivity contribution in [2.45, 2.75) is 38.4 Å². The highest BCUT2D eigenvalue weighted by atomic mass is 14.9. The number of benzene rings is 1. The SMILES string of the molecule is NCc1ccc(CNC2CCCc3cccnc32)cc1. The quantitative estimate of drug-likeness (QED) is 0.895. The number of nitrogens with two attached hydrogens (primary N) is 1. The van der Waals surface area contributed by atoms with E-state index < -0.39 is 0 Å². The lowest BCUT2D eigenvalue weighted by atomic mass is 9.92. The number of nitrogens with zero attached hydrogens (tertiary/aromatic N) is 1. The summed E-state index contributed by atoms with van der Waals surface area (Å²) in [6, 6.07) is 13.1. The number of aromatic nitrogens is 1. The van der Waals surface area contributed by atoms with Gasteiger partial charge in [0.1, 0.15) is 0 Å². The van der Waals surface area contributed by atoms with Crippen LogP contribution in [0, 0.1) is 0 Å².